The van der Waals surface area contributed by atoms with Gasteiger partial charge in [0.15, 0.2) is 0 Å². The normalized spacial score (nSPS) is 12.0. The third-order valence-electron chi connectivity index (χ3n) is 7.98. The molecule has 0 bridgehead atoms. The zero-order valence-electron chi connectivity index (χ0n) is 30.2. The number of carbonyl (C=O) groups excluding carboxylic acids is 5. The van der Waals surface area contributed by atoms with Crippen molar-refractivity contribution in [3.05, 3.63) is 91.0 Å². The van der Waals surface area contributed by atoms with Crippen molar-refractivity contribution >= 4 is 74.4 Å². The van der Waals surface area contributed by atoms with Crippen LogP contribution < -0.4 is 54.6 Å². The lowest BCUT2D eigenvalue weighted by Gasteiger charge is -2.27. The fourth-order valence-corrected chi connectivity index (χ4v) is 11.9. The van der Waals surface area contributed by atoms with E-state index in [2.05, 4.69) is 88.7 Å². The van der Waals surface area contributed by atoms with Gasteiger partial charge in [-0.25, -0.2) is 0 Å². The monoisotopic (exact) mass is 848 g/mol. The van der Waals surface area contributed by atoms with Crippen LogP contribution in [-0.4, -0.2) is 85.7 Å². The molecule has 0 aliphatic heterocycles. The molecule has 15 heteroatoms. The van der Waals surface area contributed by atoms with Crippen LogP contribution in [0.1, 0.15) is 39.5 Å². The molecule has 0 unspecified atom stereocenters. The Morgan fingerprint density at radius 3 is 1.81 bits per heavy atom. The zero-order valence-corrected chi connectivity index (χ0v) is 34.3. The van der Waals surface area contributed by atoms with E-state index in [1.54, 1.807) is 13.8 Å². The summed E-state index contributed by atoms with van der Waals surface area (Å²) in [5, 5.41) is 12.1. The molecule has 3 amide bonds. The predicted octanol–water partition coefficient (Wildman–Crippen LogP) is 0.0970. The third kappa shape index (κ3) is 15.5. The molecular weight excluding hydrogens is 799 g/mol. The van der Waals surface area contributed by atoms with E-state index in [-0.39, 0.29) is 67.0 Å². The summed E-state index contributed by atoms with van der Waals surface area (Å²) in [7, 11) is 0.577. The van der Waals surface area contributed by atoms with Gasteiger partial charge in [0.1, 0.15) is 41.8 Å². The molecule has 0 heterocycles. The molecule has 5 N–H and O–H groups in total. The number of hydrogen-bond acceptors (Lipinski definition) is 10. The third-order valence-corrected chi connectivity index (χ3v) is 14.8. The number of carbonyl (C=O) groups is 5. The topological polar surface area (TPSA) is 166 Å². The molecule has 0 saturated carbocycles. The Hall–Kier alpha value is -3.42. The number of nitrogens with one attached hydrogen (secondary N) is 3. The van der Waals surface area contributed by atoms with Crippen LogP contribution in [0.2, 0.25) is 0 Å². The molecule has 0 spiro atoms. The molecular formula is C38H50BrN4O7PS2. The first-order chi connectivity index (χ1) is 25.2. The highest BCUT2D eigenvalue weighted by Gasteiger charge is 2.44. The number of hydrogen-bond donors (Lipinski definition) is 4. The first kappa shape index (κ1) is 45.7. The highest BCUT2D eigenvalue weighted by Crippen LogP contribution is 2.55. The van der Waals surface area contributed by atoms with Crippen LogP contribution in [0.15, 0.2) is 91.0 Å². The summed E-state index contributed by atoms with van der Waals surface area (Å²) in [5.41, 5.74) is 5.79. The molecule has 0 saturated heterocycles. The smallest absolute Gasteiger partial charge is 0.325 e. The number of unbranched alkanes of at least 4 members (excludes halogenated alkanes) is 1. The lowest BCUT2D eigenvalue weighted by Crippen LogP contribution is -3.00. The molecule has 0 aromatic heterocycles. The molecule has 0 radical (unpaired) electrons. The van der Waals surface area contributed by atoms with Crippen LogP contribution in [0.4, 0.5) is 0 Å². The summed E-state index contributed by atoms with van der Waals surface area (Å²) in [5.74, 6) is -2.12. The second-order valence-electron chi connectivity index (χ2n) is 11.7. The van der Waals surface area contributed by atoms with E-state index < -0.39 is 43.1 Å². The SMILES string of the molecule is CCOC(=O)CNC(=O)[C@H](CSSCC(=O)NCCCC[P+](c1ccccc1)(c1ccccc1)c1ccccc1)NC(=O)CC[C@H](N)C(=O)OCC.[Br-]. The maximum atomic E-state index is 12.9. The second kappa shape index (κ2) is 25.6. The Morgan fingerprint density at radius 1 is 0.736 bits per heavy atom. The number of nitrogens with two attached hydrogens (primary N) is 1. The Kier molecular flexibility index (Phi) is 22.1. The van der Waals surface area contributed by atoms with E-state index in [0.717, 1.165) is 19.0 Å². The van der Waals surface area contributed by atoms with E-state index in [4.69, 9.17) is 15.2 Å². The average Bonchev–Trinajstić information content (AvgIpc) is 3.16. The lowest BCUT2D eigenvalue weighted by molar-refractivity contribution is -0.145. The molecule has 0 aliphatic rings. The van der Waals surface area contributed by atoms with Crippen molar-refractivity contribution in [2.24, 2.45) is 5.73 Å². The van der Waals surface area contributed by atoms with Crippen LogP contribution in [0.3, 0.4) is 0 Å². The quantitative estimate of drug-likeness (QED) is 0.0446. The standard InChI is InChI=1S/C38H49N4O7PS2.BrH/c1-3-48-36(45)26-41-37(46)33(42-34(43)23-22-32(39)38(47)49-4-2)27-51-52-28-35(44)40-24-14-15-25-50(29-16-8-5-9-17-29,30-18-10-6-11-19-30)31-20-12-7-13-21-31;/h5-13,16-21,32-33H,3-4,14-15,22-28,39H2,1-2H3,(H2-,40,41,42,43,44,46);1H/t32-,33-;/m0./s1. The highest BCUT2D eigenvalue weighted by molar-refractivity contribution is 8.76. The minimum absolute atomic E-state index is 0. The maximum absolute atomic E-state index is 12.9. The summed E-state index contributed by atoms with van der Waals surface area (Å²) >= 11 is 0. The van der Waals surface area contributed by atoms with Crippen LogP contribution in [0.5, 0.6) is 0 Å². The molecule has 3 aromatic carbocycles. The minimum Gasteiger partial charge on any atom is -1.00 e. The van der Waals surface area contributed by atoms with Crippen molar-refractivity contribution in [2.75, 3.05) is 44.0 Å². The Labute approximate surface area is 331 Å². The van der Waals surface area contributed by atoms with E-state index in [1.165, 1.54) is 37.5 Å². The van der Waals surface area contributed by atoms with Crippen molar-refractivity contribution in [1.29, 1.82) is 0 Å². The summed E-state index contributed by atoms with van der Waals surface area (Å²) in [6.45, 7) is 3.84. The molecule has 0 aliphatic carbocycles. The van der Waals surface area contributed by atoms with Crippen LogP contribution in [0.25, 0.3) is 0 Å². The van der Waals surface area contributed by atoms with Gasteiger partial charge in [-0.1, -0.05) is 76.2 Å². The molecule has 2 atom stereocenters. The molecule has 53 heavy (non-hydrogen) atoms. The van der Waals surface area contributed by atoms with Gasteiger partial charge in [0.05, 0.1) is 25.1 Å². The number of halogens is 1. The summed E-state index contributed by atoms with van der Waals surface area (Å²) < 4.78 is 9.73. The summed E-state index contributed by atoms with van der Waals surface area (Å²) in [6.07, 6.45) is 2.63. The van der Waals surface area contributed by atoms with Gasteiger partial charge in [0.25, 0.3) is 0 Å². The number of ether oxygens (including phenoxy) is 2. The molecule has 3 rings (SSSR count). The largest absolute Gasteiger partial charge is 1.00 e. The van der Waals surface area contributed by atoms with Gasteiger partial charge in [0, 0.05) is 18.7 Å². The Bertz CT molecular complexity index is 1470. The first-order valence-electron chi connectivity index (χ1n) is 17.4. The van der Waals surface area contributed by atoms with Crippen LogP contribution in [0, 0.1) is 0 Å². The first-order valence-corrected chi connectivity index (χ1v) is 21.9. The molecule has 3 aromatic rings. The lowest BCUT2D eigenvalue weighted by atomic mass is 10.1. The predicted molar refractivity (Wildman–Crippen MR) is 213 cm³/mol. The molecule has 0 fully saturated rings. The van der Waals surface area contributed by atoms with E-state index in [1.807, 2.05) is 18.2 Å². The van der Waals surface area contributed by atoms with Crippen molar-refractivity contribution in [1.82, 2.24) is 16.0 Å². The van der Waals surface area contributed by atoms with Gasteiger partial charge >= 0.3 is 11.9 Å². The summed E-state index contributed by atoms with van der Waals surface area (Å²) in [4.78, 5) is 61.8. The van der Waals surface area contributed by atoms with Crippen molar-refractivity contribution in [3.8, 4) is 0 Å². The average molecular weight is 850 g/mol. The number of amides is 3. The van der Waals surface area contributed by atoms with Gasteiger partial charge in [-0.15, -0.1) is 0 Å². The Morgan fingerprint density at radius 2 is 1.28 bits per heavy atom. The Balaban J connectivity index is 0.00000972. The second-order valence-corrected chi connectivity index (χ2v) is 17.8. The fraction of sp³-hybridized carbons (Fsp3) is 0.395. The van der Waals surface area contributed by atoms with Gasteiger partial charge < -0.3 is 48.1 Å². The molecule has 11 nitrogen and oxygen atoms in total. The van der Waals surface area contributed by atoms with Crippen molar-refractivity contribution < 1.29 is 50.4 Å². The van der Waals surface area contributed by atoms with E-state index >= 15 is 0 Å². The number of esters is 2. The minimum atomic E-state index is -1.93. The highest BCUT2D eigenvalue weighted by atomic mass is 79.9. The zero-order chi connectivity index (χ0) is 37.6. The maximum Gasteiger partial charge on any atom is 0.325 e. The van der Waals surface area contributed by atoms with E-state index in [0.29, 0.717) is 6.54 Å². The van der Waals surface area contributed by atoms with Gasteiger partial charge in [-0.3, -0.25) is 24.0 Å². The van der Waals surface area contributed by atoms with Gasteiger partial charge in [-0.05, 0) is 69.5 Å². The van der Waals surface area contributed by atoms with Gasteiger partial charge in [0.2, 0.25) is 17.7 Å². The fourth-order valence-electron chi connectivity index (χ4n) is 5.44. The summed E-state index contributed by atoms with van der Waals surface area (Å²) in [6, 6.07) is 30.1. The van der Waals surface area contributed by atoms with Crippen molar-refractivity contribution in [2.45, 2.75) is 51.6 Å². The van der Waals surface area contributed by atoms with E-state index in [9.17, 15) is 24.0 Å². The van der Waals surface area contributed by atoms with Crippen molar-refractivity contribution in [3.63, 3.8) is 0 Å². The van der Waals surface area contributed by atoms with Crippen LogP contribution in [-0.2, 0) is 33.4 Å². The molecule has 288 valence electrons. The number of benzene rings is 3. The number of rotatable bonds is 23. The van der Waals surface area contributed by atoms with Crippen LogP contribution >= 0.6 is 28.9 Å². The van der Waals surface area contributed by atoms with Gasteiger partial charge in [-0.2, -0.15) is 0 Å².